The van der Waals surface area contributed by atoms with Crippen molar-refractivity contribution >= 4 is 35.4 Å². The van der Waals surface area contributed by atoms with Gasteiger partial charge in [-0.3, -0.25) is 9.59 Å². The summed E-state index contributed by atoms with van der Waals surface area (Å²) in [5.41, 5.74) is 10.1. The molecular formula is C78H74F6N16O10. The molecule has 32 heteroatoms. The number of rotatable bonds is 22. The minimum absolute atomic E-state index is 0.0196. The number of aromatic nitrogens is 16. The fraction of sp³-hybridized carbons (Fsp3) is 0.256. The third kappa shape index (κ3) is 22.0. The summed E-state index contributed by atoms with van der Waals surface area (Å²) >= 11 is 0. The molecule has 4 heterocycles. The highest BCUT2D eigenvalue weighted by Gasteiger charge is 2.31. The van der Waals surface area contributed by atoms with Gasteiger partial charge in [0.1, 0.15) is 0 Å². The van der Waals surface area contributed by atoms with Crippen molar-refractivity contribution in [2.24, 2.45) is 40.0 Å². The average Bonchev–Trinajstić information content (AvgIpc) is 1.27. The molecule has 0 bridgehead atoms. The molecule has 0 radical (unpaired) electrons. The Labute approximate surface area is 625 Å². The molecule has 0 fully saturated rings. The Morgan fingerprint density at radius 1 is 0.355 bits per heavy atom. The van der Waals surface area contributed by atoms with Crippen LogP contribution in [0.5, 0.6) is 0 Å². The van der Waals surface area contributed by atoms with Crippen LogP contribution in [0.15, 0.2) is 170 Å². The first kappa shape index (κ1) is 80.9. The number of halogens is 6. The van der Waals surface area contributed by atoms with Crippen LogP contribution < -0.4 is 0 Å². The molecule has 0 aliphatic rings. The summed E-state index contributed by atoms with van der Waals surface area (Å²) in [4.78, 5) is 75.9. The summed E-state index contributed by atoms with van der Waals surface area (Å²) in [7, 11) is 9.23. The van der Waals surface area contributed by atoms with Gasteiger partial charge in [-0.15, -0.1) is 40.8 Å². The number of alkyl halides is 6. The molecule has 0 aliphatic carbocycles. The van der Waals surface area contributed by atoms with E-state index in [1.165, 1.54) is 69.8 Å². The van der Waals surface area contributed by atoms with Gasteiger partial charge in [-0.25, -0.2) is 19.2 Å². The average molecular weight is 1510 g/mol. The van der Waals surface area contributed by atoms with Crippen molar-refractivity contribution in [2.75, 3.05) is 14.2 Å². The molecule has 8 aromatic carbocycles. The molecule has 0 saturated carbocycles. The van der Waals surface area contributed by atoms with E-state index in [-0.39, 0.29) is 34.4 Å². The molecule has 0 unspecified atom stereocenters. The second kappa shape index (κ2) is 36.0. The largest absolute Gasteiger partial charge is 0.478 e. The maximum absolute atomic E-state index is 12.8. The lowest BCUT2D eigenvalue weighted by Crippen LogP contribution is -2.06. The minimum Gasteiger partial charge on any atom is -0.478 e. The van der Waals surface area contributed by atoms with Crippen LogP contribution in [-0.4, -0.2) is 141 Å². The Balaban J connectivity index is 0.000000169. The Morgan fingerprint density at radius 2 is 0.600 bits per heavy atom. The fourth-order valence-corrected chi connectivity index (χ4v) is 11.2. The topological polar surface area (TPSA) is 336 Å². The lowest BCUT2D eigenvalue weighted by Gasteiger charge is -2.11. The highest BCUT2D eigenvalue weighted by atomic mass is 19.4. The number of carbonyl (C=O) groups is 6. The summed E-state index contributed by atoms with van der Waals surface area (Å²) in [6.07, 6.45) is -6.00. The zero-order valence-electron chi connectivity index (χ0n) is 61.1. The standard InChI is InChI=1S/C22H24N4O3.C21H21F3N4O.C18H16N4O4.C17H13F3N4O2/c1-14(2)11-20(27)16-7-5-15(6-8-16)12-17-9-10-18(22(28)29-4)13-19(17)21-23-25-26(3)24-21;1-13(2)10-19(29)16-7-6-15(18(12-16)20-25-27-28(3)26-20)11-14-4-8-17(9-5-14)21(22,23)24;1-22-20-16(19-21-22)15-10-14(18(25)26-2)8-7-13(15)9-11-3-5-12(6-4-11)17(23)24;1-24-22-15(21-23-24)14-9-12(16(25)26)5-4-11(14)8-10-2-6-13(7-3-10)17(18,19)20/h5-10,13-14H,11-12H2,1-4H3;4-9,12-13H,10-11H2,1-3H3;3-8,10H,9H2,1-2H3,(H,23,24);2-7,9H,8H2,1H3,(H,25,26). The molecule has 12 aromatic rings. The number of esters is 2. The molecule has 26 nitrogen and oxygen atoms in total. The van der Waals surface area contributed by atoms with E-state index in [0.29, 0.717) is 112 Å². The second-order valence-electron chi connectivity index (χ2n) is 26.0. The van der Waals surface area contributed by atoms with Gasteiger partial charge in [0.05, 0.1) is 75.8 Å². The Kier molecular flexibility index (Phi) is 26.5. The number of methoxy groups -OCH3 is 2. The van der Waals surface area contributed by atoms with Crippen LogP contribution in [0, 0.1) is 11.8 Å². The van der Waals surface area contributed by atoms with E-state index in [4.69, 9.17) is 14.6 Å². The first-order valence-electron chi connectivity index (χ1n) is 33.9. The molecule has 0 spiro atoms. The van der Waals surface area contributed by atoms with Crippen molar-refractivity contribution < 1.29 is 74.8 Å². The van der Waals surface area contributed by atoms with E-state index in [9.17, 15) is 60.2 Å². The number of aromatic carboxylic acids is 2. The van der Waals surface area contributed by atoms with E-state index in [0.717, 1.165) is 63.2 Å². The quantitative estimate of drug-likeness (QED) is 0.0361. The summed E-state index contributed by atoms with van der Waals surface area (Å²) in [5, 5.41) is 66.3. The van der Waals surface area contributed by atoms with Crippen molar-refractivity contribution in [3.8, 4) is 45.6 Å². The fourth-order valence-electron chi connectivity index (χ4n) is 11.2. The number of carbonyl (C=O) groups excluding carboxylic acids is 4. The smallest absolute Gasteiger partial charge is 0.416 e. The number of tetrazole rings is 4. The number of nitrogens with zero attached hydrogens (tertiary/aromatic N) is 16. The maximum atomic E-state index is 12.8. The molecular weight excluding hydrogens is 1430 g/mol. The Hall–Kier alpha value is -13.2. The van der Waals surface area contributed by atoms with Crippen molar-refractivity contribution in [2.45, 2.75) is 78.6 Å². The van der Waals surface area contributed by atoms with E-state index >= 15 is 0 Å². The van der Waals surface area contributed by atoms with E-state index in [1.54, 1.807) is 101 Å². The number of hydrogen-bond acceptors (Lipinski definition) is 20. The van der Waals surface area contributed by atoms with Gasteiger partial charge in [-0.2, -0.15) is 45.5 Å². The molecule has 110 heavy (non-hydrogen) atoms. The zero-order valence-corrected chi connectivity index (χ0v) is 61.1. The number of carboxylic acid groups (broad SMARTS) is 2. The Bertz CT molecular complexity index is 5250. The highest BCUT2D eigenvalue weighted by Crippen LogP contribution is 2.34. The second-order valence-corrected chi connectivity index (χ2v) is 26.0. The van der Waals surface area contributed by atoms with Crippen LogP contribution >= 0.6 is 0 Å². The molecule has 12 rings (SSSR count). The lowest BCUT2D eigenvalue weighted by molar-refractivity contribution is -0.138. The Morgan fingerprint density at radius 3 is 0.864 bits per heavy atom. The number of benzene rings is 8. The summed E-state index contributed by atoms with van der Waals surface area (Å²) in [5.74, 6) is -0.755. The monoisotopic (exact) mass is 1510 g/mol. The van der Waals surface area contributed by atoms with Gasteiger partial charge < -0.3 is 19.7 Å². The molecule has 0 aliphatic heterocycles. The lowest BCUT2D eigenvalue weighted by atomic mass is 9.93. The van der Waals surface area contributed by atoms with Crippen LogP contribution in [0.4, 0.5) is 26.3 Å². The summed E-state index contributed by atoms with van der Waals surface area (Å²) < 4.78 is 86.0. The minimum atomic E-state index is -4.39. The third-order valence-corrected chi connectivity index (χ3v) is 16.7. The van der Waals surface area contributed by atoms with Gasteiger partial charge in [0.25, 0.3) is 0 Å². The highest BCUT2D eigenvalue weighted by molar-refractivity contribution is 5.98. The zero-order chi connectivity index (χ0) is 79.7. The first-order valence-corrected chi connectivity index (χ1v) is 33.9. The van der Waals surface area contributed by atoms with Gasteiger partial charge in [0, 0.05) is 46.2 Å². The first-order chi connectivity index (χ1) is 52.2. The molecule has 0 saturated heterocycles. The van der Waals surface area contributed by atoms with Crippen molar-refractivity contribution in [3.63, 3.8) is 0 Å². The molecule has 2 N–H and O–H groups in total. The maximum Gasteiger partial charge on any atom is 0.416 e. The van der Waals surface area contributed by atoms with E-state index in [1.807, 2.05) is 64.1 Å². The van der Waals surface area contributed by atoms with E-state index in [2.05, 4.69) is 61.6 Å². The number of aryl methyl sites for hydroxylation is 4. The van der Waals surface area contributed by atoms with E-state index < -0.39 is 47.4 Å². The van der Waals surface area contributed by atoms with Gasteiger partial charge in [-0.1, -0.05) is 119 Å². The van der Waals surface area contributed by atoms with Crippen LogP contribution in [0.2, 0.25) is 0 Å². The summed E-state index contributed by atoms with van der Waals surface area (Å²) in [6, 6.07) is 44.3. The summed E-state index contributed by atoms with van der Waals surface area (Å²) in [6.45, 7) is 8.02. The molecule has 0 atom stereocenters. The SMILES string of the molecule is CC(C)CC(=O)c1ccc(Cc2ccc(C(F)(F)F)cc2)c(-c2nnn(C)n2)c1.COC(=O)c1ccc(Cc2ccc(C(=O)CC(C)C)cc2)c(-c2nnn(C)n2)c1.COC(=O)c1ccc(Cc2ccc(C(=O)O)cc2)c(-c2nnn(C)n2)c1.Cn1nnc(-c2cc(C(=O)O)ccc2Cc2ccc(C(F)(F)F)cc2)n1. The number of ketones is 2. The third-order valence-electron chi connectivity index (χ3n) is 16.7. The predicted molar refractivity (Wildman–Crippen MR) is 388 cm³/mol. The van der Waals surface area contributed by atoms with Gasteiger partial charge in [0.15, 0.2) is 11.6 Å². The number of carboxylic acids is 2. The van der Waals surface area contributed by atoms with Crippen LogP contribution in [0.25, 0.3) is 45.6 Å². The predicted octanol–water partition coefficient (Wildman–Crippen LogP) is 13.3. The van der Waals surface area contributed by atoms with Crippen LogP contribution in [0.3, 0.4) is 0 Å². The number of Topliss-reactive ketones (excluding diaryl/α,β-unsaturated/α-hetero) is 2. The van der Waals surface area contributed by atoms with Crippen molar-refractivity contribution in [1.82, 2.24) is 80.8 Å². The van der Waals surface area contributed by atoms with Gasteiger partial charge >= 0.3 is 36.2 Å². The van der Waals surface area contributed by atoms with Gasteiger partial charge in [0.2, 0.25) is 23.3 Å². The van der Waals surface area contributed by atoms with Crippen LogP contribution in [0.1, 0.15) is 158 Å². The van der Waals surface area contributed by atoms with Crippen LogP contribution in [-0.2, 0) is 75.7 Å². The van der Waals surface area contributed by atoms with Crippen molar-refractivity contribution in [3.05, 3.63) is 259 Å². The molecule has 0 amide bonds. The number of ether oxygens (including phenoxy) is 2. The van der Waals surface area contributed by atoms with Crippen molar-refractivity contribution in [1.29, 1.82) is 0 Å². The molecule has 4 aromatic heterocycles. The number of hydrogen-bond donors (Lipinski definition) is 2. The molecule has 568 valence electrons. The normalized spacial score (nSPS) is 11.2. The van der Waals surface area contributed by atoms with Gasteiger partial charge in [-0.05, 0) is 182 Å².